The van der Waals surface area contributed by atoms with Crippen LogP contribution in [-0.2, 0) is 14.8 Å². The third-order valence-corrected chi connectivity index (χ3v) is 6.16. The molecule has 0 saturated heterocycles. The monoisotopic (exact) mass is 438 g/mol. The summed E-state index contributed by atoms with van der Waals surface area (Å²) in [6.45, 7) is 7.52. The molecule has 1 amide bonds. The highest BCUT2D eigenvalue weighted by molar-refractivity contribution is 7.92. The van der Waals surface area contributed by atoms with Gasteiger partial charge in [0.05, 0.1) is 10.6 Å². The van der Waals surface area contributed by atoms with Crippen molar-refractivity contribution >= 4 is 27.3 Å². The minimum atomic E-state index is -3.74. The molecule has 0 heterocycles. The Labute approximate surface area is 183 Å². The molecule has 0 unspecified atom stereocenters. The minimum Gasteiger partial charge on any atom is -0.483 e. The van der Waals surface area contributed by atoms with Gasteiger partial charge in [0.2, 0.25) is 0 Å². The van der Waals surface area contributed by atoms with Gasteiger partial charge in [-0.3, -0.25) is 9.52 Å². The fourth-order valence-corrected chi connectivity index (χ4v) is 4.19. The number of hydrogen-bond acceptors (Lipinski definition) is 4. The highest BCUT2D eigenvalue weighted by atomic mass is 32.2. The van der Waals surface area contributed by atoms with Crippen molar-refractivity contribution in [2.75, 3.05) is 16.6 Å². The van der Waals surface area contributed by atoms with Crippen LogP contribution in [0.15, 0.2) is 65.6 Å². The summed E-state index contributed by atoms with van der Waals surface area (Å²) in [5, 5.41) is 2.71. The Balaban J connectivity index is 1.62. The normalized spacial score (nSPS) is 11.1. The number of ether oxygens (including phenoxy) is 1. The van der Waals surface area contributed by atoms with Crippen molar-refractivity contribution in [1.29, 1.82) is 0 Å². The van der Waals surface area contributed by atoms with E-state index in [1.165, 1.54) is 12.1 Å². The van der Waals surface area contributed by atoms with Crippen LogP contribution in [0.4, 0.5) is 11.4 Å². The van der Waals surface area contributed by atoms with Crippen LogP contribution in [0.5, 0.6) is 5.75 Å². The number of rotatable bonds is 7. The summed E-state index contributed by atoms with van der Waals surface area (Å²) < 4.78 is 33.6. The molecule has 0 radical (unpaired) electrons. The Morgan fingerprint density at radius 1 is 0.839 bits per heavy atom. The average molecular weight is 439 g/mol. The topological polar surface area (TPSA) is 84.5 Å². The molecule has 0 aromatic heterocycles. The molecule has 0 saturated carbocycles. The predicted octanol–water partition coefficient (Wildman–Crippen LogP) is 4.74. The molecule has 0 fully saturated rings. The van der Waals surface area contributed by atoms with Crippen LogP contribution in [0.1, 0.15) is 22.3 Å². The summed E-state index contributed by atoms with van der Waals surface area (Å²) in [6.07, 6.45) is 0. The number of sulfonamides is 1. The lowest BCUT2D eigenvalue weighted by Gasteiger charge is -2.12. The van der Waals surface area contributed by atoms with E-state index < -0.39 is 10.0 Å². The zero-order valence-electron chi connectivity index (χ0n) is 18.0. The molecule has 0 bridgehead atoms. The first-order chi connectivity index (χ1) is 14.6. The van der Waals surface area contributed by atoms with E-state index in [0.717, 1.165) is 22.3 Å². The molecule has 0 aliphatic heterocycles. The SMILES string of the molecule is Cc1ccc(OCC(=O)Nc2ccc(S(=O)(=O)Nc3cc(C)ccc3C)cc2)c(C)c1. The van der Waals surface area contributed by atoms with E-state index in [9.17, 15) is 13.2 Å². The van der Waals surface area contributed by atoms with Crippen LogP contribution in [0.25, 0.3) is 0 Å². The van der Waals surface area contributed by atoms with Crippen LogP contribution in [-0.4, -0.2) is 20.9 Å². The van der Waals surface area contributed by atoms with Gasteiger partial charge in [0, 0.05) is 5.69 Å². The Hall–Kier alpha value is -3.32. The molecule has 0 spiro atoms. The van der Waals surface area contributed by atoms with Gasteiger partial charge in [-0.05, 0) is 80.8 Å². The van der Waals surface area contributed by atoms with Crippen LogP contribution in [0.3, 0.4) is 0 Å². The van der Waals surface area contributed by atoms with E-state index >= 15 is 0 Å². The molecule has 3 rings (SSSR count). The maximum Gasteiger partial charge on any atom is 0.262 e. The fraction of sp³-hybridized carbons (Fsp3) is 0.208. The van der Waals surface area contributed by atoms with E-state index in [4.69, 9.17) is 4.74 Å². The van der Waals surface area contributed by atoms with Crippen molar-refractivity contribution in [1.82, 2.24) is 0 Å². The highest BCUT2D eigenvalue weighted by Gasteiger charge is 2.16. The van der Waals surface area contributed by atoms with Gasteiger partial charge in [-0.25, -0.2) is 8.42 Å². The molecule has 0 atom stereocenters. The first-order valence-corrected chi connectivity index (χ1v) is 11.3. The maximum atomic E-state index is 12.7. The van der Waals surface area contributed by atoms with Gasteiger partial charge in [-0.1, -0.05) is 29.8 Å². The Morgan fingerprint density at radius 3 is 2.16 bits per heavy atom. The van der Waals surface area contributed by atoms with Crippen LogP contribution in [0, 0.1) is 27.7 Å². The minimum absolute atomic E-state index is 0.109. The van der Waals surface area contributed by atoms with Crippen LogP contribution < -0.4 is 14.8 Å². The molecule has 6 nitrogen and oxygen atoms in total. The van der Waals surface area contributed by atoms with Gasteiger partial charge in [0.1, 0.15) is 5.75 Å². The average Bonchev–Trinajstić information content (AvgIpc) is 2.70. The Morgan fingerprint density at radius 2 is 1.48 bits per heavy atom. The smallest absolute Gasteiger partial charge is 0.262 e. The number of carbonyl (C=O) groups is 1. The number of hydrogen-bond donors (Lipinski definition) is 2. The lowest BCUT2D eigenvalue weighted by Crippen LogP contribution is -2.20. The number of amides is 1. The van der Waals surface area contributed by atoms with E-state index in [2.05, 4.69) is 10.0 Å². The molecule has 0 aliphatic carbocycles. The van der Waals surface area contributed by atoms with Gasteiger partial charge >= 0.3 is 0 Å². The molecule has 3 aromatic rings. The highest BCUT2D eigenvalue weighted by Crippen LogP contribution is 2.22. The zero-order chi connectivity index (χ0) is 22.6. The number of aryl methyl sites for hydroxylation is 4. The first-order valence-electron chi connectivity index (χ1n) is 9.84. The summed E-state index contributed by atoms with van der Waals surface area (Å²) in [5.74, 6) is 0.323. The summed E-state index contributed by atoms with van der Waals surface area (Å²) >= 11 is 0. The third-order valence-electron chi connectivity index (χ3n) is 4.77. The van der Waals surface area contributed by atoms with E-state index in [0.29, 0.717) is 17.1 Å². The van der Waals surface area contributed by atoms with E-state index in [1.807, 2.05) is 58.0 Å². The molecule has 0 aliphatic rings. The van der Waals surface area contributed by atoms with Crippen molar-refractivity contribution < 1.29 is 17.9 Å². The van der Waals surface area contributed by atoms with Crippen LogP contribution in [0.2, 0.25) is 0 Å². The van der Waals surface area contributed by atoms with Crippen LogP contribution >= 0.6 is 0 Å². The number of carbonyl (C=O) groups excluding carboxylic acids is 1. The summed E-state index contributed by atoms with van der Waals surface area (Å²) in [6, 6.07) is 17.3. The predicted molar refractivity (Wildman–Crippen MR) is 123 cm³/mol. The lowest BCUT2D eigenvalue weighted by atomic mass is 10.1. The Kier molecular flexibility index (Phi) is 6.65. The molecular formula is C24H26N2O4S. The van der Waals surface area contributed by atoms with Gasteiger partial charge in [-0.15, -0.1) is 0 Å². The van der Waals surface area contributed by atoms with Gasteiger partial charge in [0.15, 0.2) is 6.61 Å². The van der Waals surface area contributed by atoms with Crippen molar-refractivity contribution in [3.8, 4) is 5.75 Å². The molecular weight excluding hydrogens is 412 g/mol. The summed E-state index contributed by atoms with van der Waals surface area (Å²) in [5.41, 5.74) is 4.90. The number of benzene rings is 3. The third kappa shape index (κ3) is 5.86. The second-order valence-corrected chi connectivity index (χ2v) is 9.24. The van der Waals surface area contributed by atoms with Crippen molar-refractivity contribution in [2.24, 2.45) is 0 Å². The molecule has 7 heteroatoms. The first kappa shape index (κ1) is 22.4. The molecule has 3 aromatic carbocycles. The van der Waals surface area contributed by atoms with Crippen molar-refractivity contribution in [3.05, 3.63) is 82.9 Å². The van der Waals surface area contributed by atoms with Gasteiger partial charge < -0.3 is 10.1 Å². The Bertz CT molecular complexity index is 1200. The number of anilines is 2. The standard InChI is InChI=1S/C24H26N2O4S/c1-16-6-12-23(19(4)13-16)30-15-24(27)25-20-8-10-21(11-9-20)31(28,29)26-22-14-17(2)5-7-18(22)3/h5-14,26H,15H2,1-4H3,(H,25,27). The van der Waals surface area contributed by atoms with Gasteiger partial charge in [-0.2, -0.15) is 0 Å². The van der Waals surface area contributed by atoms with Crippen molar-refractivity contribution in [2.45, 2.75) is 32.6 Å². The second-order valence-electron chi connectivity index (χ2n) is 7.55. The second kappa shape index (κ2) is 9.22. The fourth-order valence-electron chi connectivity index (χ4n) is 3.07. The molecule has 31 heavy (non-hydrogen) atoms. The largest absolute Gasteiger partial charge is 0.483 e. The lowest BCUT2D eigenvalue weighted by molar-refractivity contribution is -0.118. The summed E-state index contributed by atoms with van der Waals surface area (Å²) in [4.78, 5) is 12.3. The van der Waals surface area contributed by atoms with Crippen molar-refractivity contribution in [3.63, 3.8) is 0 Å². The van der Waals surface area contributed by atoms with E-state index in [1.54, 1.807) is 18.2 Å². The molecule has 2 N–H and O–H groups in total. The number of nitrogens with one attached hydrogen (secondary N) is 2. The van der Waals surface area contributed by atoms with E-state index in [-0.39, 0.29) is 17.4 Å². The van der Waals surface area contributed by atoms with Gasteiger partial charge in [0.25, 0.3) is 15.9 Å². The zero-order valence-corrected chi connectivity index (χ0v) is 18.8. The maximum absolute atomic E-state index is 12.7. The molecule has 162 valence electrons. The quantitative estimate of drug-likeness (QED) is 0.558. The summed E-state index contributed by atoms with van der Waals surface area (Å²) in [7, 11) is -3.74.